The van der Waals surface area contributed by atoms with Gasteiger partial charge < -0.3 is 19.1 Å². The predicted molar refractivity (Wildman–Crippen MR) is 90.8 cm³/mol. The summed E-state index contributed by atoms with van der Waals surface area (Å²) in [6.07, 6.45) is 5.33. The molecule has 0 aromatic carbocycles. The number of likely N-dealkylation sites (tertiary alicyclic amines) is 1. The Labute approximate surface area is 149 Å². The number of hydrogen-bond donors (Lipinski definition) is 2. The number of aromatic amines is 1. The van der Waals surface area contributed by atoms with Crippen molar-refractivity contribution < 1.29 is 18.4 Å². The van der Waals surface area contributed by atoms with Crippen molar-refractivity contribution >= 4 is 11.8 Å². The summed E-state index contributed by atoms with van der Waals surface area (Å²) in [4.78, 5) is 40.4. The molecule has 4 rings (SSSR count). The molecule has 2 fully saturated rings. The molecule has 8 heteroatoms. The number of carbonyl (C=O) groups is 2. The maximum Gasteiger partial charge on any atom is 0.416 e. The second-order valence-corrected chi connectivity index (χ2v) is 7.33. The first-order valence-corrected chi connectivity index (χ1v) is 8.79. The Kier molecular flexibility index (Phi) is 3.97. The van der Waals surface area contributed by atoms with Crippen LogP contribution >= 0.6 is 0 Å². The summed E-state index contributed by atoms with van der Waals surface area (Å²) in [5, 5.41) is 2.86. The van der Waals surface area contributed by atoms with Crippen LogP contribution in [-0.4, -0.2) is 40.8 Å². The van der Waals surface area contributed by atoms with E-state index in [4.69, 9.17) is 8.83 Å². The molecular weight excluding hydrogens is 338 g/mol. The molecule has 2 N–H and O–H groups in total. The van der Waals surface area contributed by atoms with Gasteiger partial charge in [-0.1, -0.05) is 6.42 Å². The number of aryl methyl sites for hydroxylation is 1. The molecule has 2 aromatic heterocycles. The number of amides is 2. The van der Waals surface area contributed by atoms with Crippen molar-refractivity contribution in [3.8, 4) is 0 Å². The lowest BCUT2D eigenvalue weighted by Crippen LogP contribution is -2.43. The van der Waals surface area contributed by atoms with E-state index in [0.717, 1.165) is 31.9 Å². The molecule has 1 aliphatic heterocycles. The van der Waals surface area contributed by atoms with Gasteiger partial charge in [-0.25, -0.2) is 4.79 Å². The summed E-state index contributed by atoms with van der Waals surface area (Å²) in [5.74, 6) is -0.283. The summed E-state index contributed by atoms with van der Waals surface area (Å²) in [7, 11) is 0. The van der Waals surface area contributed by atoms with Crippen molar-refractivity contribution in [2.75, 3.05) is 13.1 Å². The minimum atomic E-state index is -0.649. The lowest BCUT2D eigenvalue weighted by molar-refractivity contribution is 0.0679. The SMILES string of the molecule is Cc1ccc(C(=O)NCC2CC3(CCC3)CN2C(=O)c2coc(=O)[nH]2)o1. The lowest BCUT2D eigenvalue weighted by Gasteiger charge is -2.37. The number of hydrogen-bond acceptors (Lipinski definition) is 5. The second-order valence-electron chi connectivity index (χ2n) is 7.33. The molecule has 2 aromatic rings. The van der Waals surface area contributed by atoms with Gasteiger partial charge in [0, 0.05) is 13.1 Å². The standard InChI is InChI=1S/C18H21N3O5/c1-11-3-4-14(26-11)15(22)19-8-12-7-18(5-2-6-18)10-21(12)16(23)13-9-25-17(24)20-13/h3-4,9,12H,2,5-8,10H2,1H3,(H,19,22)(H,20,24). The Bertz CT molecular complexity index is 889. The van der Waals surface area contributed by atoms with Crippen molar-refractivity contribution in [2.24, 2.45) is 5.41 Å². The molecule has 1 saturated heterocycles. The smallest absolute Gasteiger partial charge is 0.416 e. The Hall–Kier alpha value is -2.77. The van der Waals surface area contributed by atoms with Crippen molar-refractivity contribution in [3.63, 3.8) is 0 Å². The van der Waals surface area contributed by atoms with Gasteiger partial charge in [0.25, 0.3) is 11.8 Å². The van der Waals surface area contributed by atoms with Gasteiger partial charge in [-0.05, 0) is 43.7 Å². The fraction of sp³-hybridized carbons (Fsp3) is 0.500. The highest BCUT2D eigenvalue weighted by Crippen LogP contribution is 2.50. The van der Waals surface area contributed by atoms with Gasteiger partial charge in [0.2, 0.25) is 0 Å². The van der Waals surface area contributed by atoms with E-state index >= 15 is 0 Å². The van der Waals surface area contributed by atoms with Crippen LogP contribution in [0.4, 0.5) is 0 Å². The number of rotatable bonds is 4. The quantitative estimate of drug-likeness (QED) is 0.863. The van der Waals surface area contributed by atoms with E-state index in [2.05, 4.69) is 10.3 Å². The number of nitrogens with zero attached hydrogens (tertiary/aromatic N) is 1. The summed E-state index contributed by atoms with van der Waals surface area (Å²) < 4.78 is 10.0. The highest BCUT2D eigenvalue weighted by Gasteiger charge is 2.49. The molecular formula is C18H21N3O5. The highest BCUT2D eigenvalue weighted by atomic mass is 16.4. The average molecular weight is 359 g/mol. The van der Waals surface area contributed by atoms with Crippen LogP contribution in [0.2, 0.25) is 0 Å². The fourth-order valence-electron chi connectivity index (χ4n) is 4.02. The zero-order valence-corrected chi connectivity index (χ0v) is 14.5. The number of H-pyrrole nitrogens is 1. The predicted octanol–water partition coefficient (Wildman–Crippen LogP) is 1.68. The summed E-state index contributed by atoms with van der Waals surface area (Å²) in [5.41, 5.74) is 0.278. The van der Waals surface area contributed by atoms with Gasteiger partial charge in [0.1, 0.15) is 17.7 Å². The molecule has 2 aliphatic rings. The first-order chi connectivity index (χ1) is 12.5. The zero-order valence-electron chi connectivity index (χ0n) is 14.5. The molecule has 1 saturated carbocycles. The number of aromatic nitrogens is 1. The largest absolute Gasteiger partial charge is 0.456 e. The molecule has 1 spiro atoms. The van der Waals surface area contributed by atoms with Gasteiger partial charge in [-0.15, -0.1) is 0 Å². The van der Waals surface area contributed by atoms with Gasteiger partial charge in [0.05, 0.1) is 6.04 Å². The van der Waals surface area contributed by atoms with Crippen LogP contribution in [0, 0.1) is 12.3 Å². The average Bonchev–Trinajstić information content (AvgIpc) is 3.29. The highest BCUT2D eigenvalue weighted by molar-refractivity contribution is 5.93. The summed E-state index contributed by atoms with van der Waals surface area (Å²) in [6.45, 7) is 2.76. The second kappa shape index (κ2) is 6.19. The lowest BCUT2D eigenvalue weighted by atomic mass is 9.67. The van der Waals surface area contributed by atoms with E-state index in [0.29, 0.717) is 18.8 Å². The molecule has 0 radical (unpaired) electrons. The van der Waals surface area contributed by atoms with E-state index in [1.807, 2.05) is 0 Å². The van der Waals surface area contributed by atoms with Crippen LogP contribution in [0.5, 0.6) is 0 Å². The van der Waals surface area contributed by atoms with Crippen molar-refractivity contribution in [3.05, 3.63) is 46.2 Å². The molecule has 138 valence electrons. The van der Waals surface area contributed by atoms with Crippen molar-refractivity contribution in [2.45, 2.75) is 38.6 Å². The number of furan rings is 1. The Morgan fingerprint density at radius 2 is 2.19 bits per heavy atom. The van der Waals surface area contributed by atoms with Crippen LogP contribution in [-0.2, 0) is 0 Å². The van der Waals surface area contributed by atoms with E-state index < -0.39 is 5.76 Å². The van der Waals surface area contributed by atoms with Crippen LogP contribution in [0.1, 0.15) is 52.5 Å². The van der Waals surface area contributed by atoms with Crippen molar-refractivity contribution in [1.82, 2.24) is 15.2 Å². The fourth-order valence-corrected chi connectivity index (χ4v) is 4.02. The first kappa shape index (κ1) is 16.7. The molecule has 26 heavy (non-hydrogen) atoms. The third kappa shape index (κ3) is 2.95. The third-order valence-electron chi connectivity index (χ3n) is 5.50. The molecule has 1 aliphatic carbocycles. The van der Waals surface area contributed by atoms with Crippen LogP contribution in [0.3, 0.4) is 0 Å². The first-order valence-electron chi connectivity index (χ1n) is 8.79. The molecule has 0 bridgehead atoms. The minimum absolute atomic E-state index is 0.124. The van der Waals surface area contributed by atoms with Gasteiger partial charge >= 0.3 is 5.76 Å². The van der Waals surface area contributed by atoms with E-state index in [1.54, 1.807) is 24.0 Å². The maximum atomic E-state index is 12.8. The van der Waals surface area contributed by atoms with Crippen LogP contribution in [0.15, 0.2) is 32.0 Å². The van der Waals surface area contributed by atoms with Gasteiger partial charge in [0.15, 0.2) is 5.76 Å². The topological polar surface area (TPSA) is 109 Å². The molecule has 1 atom stereocenters. The van der Waals surface area contributed by atoms with E-state index in [9.17, 15) is 14.4 Å². The van der Waals surface area contributed by atoms with E-state index in [1.165, 1.54) is 0 Å². The Morgan fingerprint density at radius 3 is 2.77 bits per heavy atom. The van der Waals surface area contributed by atoms with Gasteiger partial charge in [-0.2, -0.15) is 0 Å². The van der Waals surface area contributed by atoms with Crippen molar-refractivity contribution in [1.29, 1.82) is 0 Å². The minimum Gasteiger partial charge on any atom is -0.456 e. The zero-order chi connectivity index (χ0) is 18.3. The van der Waals surface area contributed by atoms with E-state index in [-0.39, 0.29) is 34.7 Å². The number of oxazole rings is 1. The number of nitrogens with one attached hydrogen (secondary N) is 2. The summed E-state index contributed by atoms with van der Waals surface area (Å²) >= 11 is 0. The number of carbonyl (C=O) groups excluding carboxylic acids is 2. The Morgan fingerprint density at radius 1 is 1.38 bits per heavy atom. The van der Waals surface area contributed by atoms with Gasteiger partial charge in [-0.3, -0.25) is 14.6 Å². The third-order valence-corrected chi connectivity index (χ3v) is 5.50. The monoisotopic (exact) mass is 359 g/mol. The molecule has 1 unspecified atom stereocenters. The van der Waals surface area contributed by atoms with Crippen LogP contribution in [0.25, 0.3) is 0 Å². The Balaban J connectivity index is 1.47. The molecule has 3 heterocycles. The maximum absolute atomic E-state index is 12.8. The molecule has 2 amide bonds. The summed E-state index contributed by atoms with van der Waals surface area (Å²) in [6, 6.07) is 3.24. The van der Waals surface area contributed by atoms with Crippen LogP contribution < -0.4 is 11.1 Å². The normalized spacial score (nSPS) is 21.0. The molecule has 8 nitrogen and oxygen atoms in total.